The number of para-hydroxylation sites is 2. The van der Waals surface area contributed by atoms with Crippen molar-refractivity contribution in [3.05, 3.63) is 95.8 Å². The smallest absolute Gasteiger partial charge is 0.342 e. The van der Waals surface area contributed by atoms with E-state index >= 15 is 0 Å². The monoisotopic (exact) mass is 492 g/mol. The molecule has 0 fully saturated rings. The molecule has 3 rings (SSSR count). The van der Waals surface area contributed by atoms with Gasteiger partial charge in [-0.25, -0.2) is 9.18 Å². The van der Waals surface area contributed by atoms with Crippen molar-refractivity contribution in [2.24, 2.45) is 0 Å². The molecule has 2 amide bonds. The normalized spacial score (nSPS) is 11.2. The number of Topliss-reactive ketones (excluding diaryl/α,β-unsaturated/α-hetero) is 1. The van der Waals surface area contributed by atoms with Crippen LogP contribution < -0.4 is 15.4 Å². The number of hydrogen-bond donors (Lipinski definition) is 2. The molecule has 0 saturated heterocycles. The highest BCUT2D eigenvalue weighted by Gasteiger charge is 2.20. The quantitative estimate of drug-likeness (QED) is 0.398. The van der Waals surface area contributed by atoms with Crippen LogP contribution in [-0.4, -0.2) is 42.8 Å². The van der Waals surface area contributed by atoms with E-state index < -0.39 is 42.9 Å². The number of hydrogen-bond acceptors (Lipinski definition) is 6. The molecule has 186 valence electrons. The predicted octanol–water partition coefficient (Wildman–Crippen LogP) is 3.32. The fourth-order valence-electron chi connectivity index (χ4n) is 3.24. The highest BCUT2D eigenvalue weighted by molar-refractivity contribution is 5.95. The molecule has 0 aliphatic heterocycles. The summed E-state index contributed by atoms with van der Waals surface area (Å²) in [5.74, 6) is -2.89. The molecule has 0 radical (unpaired) electrons. The van der Waals surface area contributed by atoms with Gasteiger partial charge in [-0.3, -0.25) is 14.4 Å². The van der Waals surface area contributed by atoms with Gasteiger partial charge >= 0.3 is 5.97 Å². The van der Waals surface area contributed by atoms with Crippen molar-refractivity contribution < 1.29 is 33.0 Å². The number of esters is 1. The van der Waals surface area contributed by atoms with E-state index in [-0.39, 0.29) is 22.8 Å². The van der Waals surface area contributed by atoms with E-state index in [4.69, 9.17) is 9.47 Å². The summed E-state index contributed by atoms with van der Waals surface area (Å²) in [4.78, 5) is 49.0. The third-order valence-corrected chi connectivity index (χ3v) is 5.06. The Kier molecular flexibility index (Phi) is 9.27. The standard InChI is InChI=1S/C27H25FN2O6/c1-18(31)23(15-19-9-3-2-4-10-19)30-26(33)17-36-27(34)20-11-5-8-14-24(20)35-16-25(32)29-22-13-7-6-12-21(22)28/h2-14,23H,15-17H2,1H3,(H,29,32)(H,30,33). The van der Waals surface area contributed by atoms with E-state index in [1.807, 2.05) is 30.3 Å². The third kappa shape index (κ3) is 7.76. The minimum absolute atomic E-state index is 0.000867. The second-order valence-electron chi connectivity index (χ2n) is 7.81. The Morgan fingerprint density at radius 1 is 0.833 bits per heavy atom. The molecule has 0 saturated carbocycles. The first kappa shape index (κ1) is 26.1. The summed E-state index contributed by atoms with van der Waals surface area (Å²) in [5.41, 5.74) is 0.873. The van der Waals surface area contributed by atoms with Crippen LogP contribution in [0.25, 0.3) is 0 Å². The summed E-state index contributed by atoms with van der Waals surface area (Å²) in [6.07, 6.45) is 0.307. The zero-order chi connectivity index (χ0) is 25.9. The van der Waals surface area contributed by atoms with E-state index in [0.29, 0.717) is 6.42 Å². The maximum absolute atomic E-state index is 13.7. The number of amides is 2. The van der Waals surface area contributed by atoms with Gasteiger partial charge in [-0.2, -0.15) is 0 Å². The molecule has 3 aromatic carbocycles. The molecular formula is C27H25FN2O6. The third-order valence-electron chi connectivity index (χ3n) is 5.06. The summed E-state index contributed by atoms with van der Waals surface area (Å²) in [5, 5.41) is 4.95. The first-order valence-electron chi connectivity index (χ1n) is 11.1. The number of benzene rings is 3. The zero-order valence-electron chi connectivity index (χ0n) is 19.5. The van der Waals surface area contributed by atoms with Gasteiger partial charge in [0, 0.05) is 0 Å². The average Bonchev–Trinajstić information content (AvgIpc) is 2.88. The molecule has 8 nitrogen and oxygen atoms in total. The van der Waals surface area contributed by atoms with Crippen molar-refractivity contribution in [3.63, 3.8) is 0 Å². The van der Waals surface area contributed by atoms with Gasteiger partial charge in [0.25, 0.3) is 11.8 Å². The molecule has 1 unspecified atom stereocenters. The highest BCUT2D eigenvalue weighted by Crippen LogP contribution is 2.19. The first-order valence-corrected chi connectivity index (χ1v) is 11.1. The maximum Gasteiger partial charge on any atom is 0.342 e. The minimum Gasteiger partial charge on any atom is -0.483 e. The Morgan fingerprint density at radius 2 is 1.50 bits per heavy atom. The number of anilines is 1. The summed E-state index contributed by atoms with van der Waals surface area (Å²) in [6.45, 7) is 0.272. The van der Waals surface area contributed by atoms with E-state index in [0.717, 1.165) is 5.56 Å². The largest absolute Gasteiger partial charge is 0.483 e. The molecule has 0 heterocycles. The molecular weight excluding hydrogens is 467 g/mol. The lowest BCUT2D eigenvalue weighted by Crippen LogP contribution is -2.43. The van der Waals surface area contributed by atoms with E-state index in [1.54, 1.807) is 18.2 Å². The number of nitrogens with one attached hydrogen (secondary N) is 2. The Morgan fingerprint density at radius 3 is 2.22 bits per heavy atom. The van der Waals surface area contributed by atoms with E-state index in [2.05, 4.69) is 10.6 Å². The van der Waals surface area contributed by atoms with Gasteiger partial charge in [0.15, 0.2) is 19.0 Å². The number of halogens is 1. The molecule has 0 aliphatic rings. The highest BCUT2D eigenvalue weighted by atomic mass is 19.1. The van der Waals surface area contributed by atoms with Crippen LogP contribution in [0.2, 0.25) is 0 Å². The fraction of sp³-hybridized carbons (Fsp3) is 0.185. The Balaban J connectivity index is 1.53. The predicted molar refractivity (Wildman–Crippen MR) is 130 cm³/mol. The maximum atomic E-state index is 13.7. The van der Waals surface area contributed by atoms with Gasteiger partial charge in [-0.1, -0.05) is 54.6 Å². The molecule has 1 atom stereocenters. The van der Waals surface area contributed by atoms with Gasteiger partial charge in [-0.05, 0) is 43.2 Å². The number of carbonyl (C=O) groups excluding carboxylic acids is 4. The molecule has 36 heavy (non-hydrogen) atoms. The Hall–Kier alpha value is -4.53. The number of carbonyl (C=O) groups is 4. The summed E-state index contributed by atoms with van der Waals surface area (Å²) in [7, 11) is 0. The van der Waals surface area contributed by atoms with Crippen molar-refractivity contribution in [2.75, 3.05) is 18.5 Å². The van der Waals surface area contributed by atoms with E-state index in [1.165, 1.54) is 37.3 Å². The van der Waals surface area contributed by atoms with Crippen molar-refractivity contribution in [2.45, 2.75) is 19.4 Å². The van der Waals surface area contributed by atoms with Crippen molar-refractivity contribution in [1.29, 1.82) is 0 Å². The van der Waals surface area contributed by atoms with Crippen LogP contribution in [0.15, 0.2) is 78.9 Å². The average molecular weight is 493 g/mol. The number of ketones is 1. The molecule has 3 aromatic rings. The van der Waals surface area contributed by atoms with Crippen molar-refractivity contribution in [1.82, 2.24) is 5.32 Å². The van der Waals surface area contributed by atoms with Crippen molar-refractivity contribution >= 4 is 29.3 Å². The molecule has 0 bridgehead atoms. The van der Waals surface area contributed by atoms with Gasteiger partial charge < -0.3 is 20.1 Å². The zero-order valence-corrected chi connectivity index (χ0v) is 19.5. The molecule has 0 aliphatic carbocycles. The summed E-state index contributed by atoms with van der Waals surface area (Å²) >= 11 is 0. The molecule has 0 spiro atoms. The fourth-order valence-corrected chi connectivity index (χ4v) is 3.24. The molecule has 0 aromatic heterocycles. The van der Waals surface area contributed by atoms with Crippen LogP contribution in [0.1, 0.15) is 22.8 Å². The minimum atomic E-state index is -0.849. The topological polar surface area (TPSA) is 111 Å². The van der Waals surface area contributed by atoms with E-state index in [9.17, 15) is 23.6 Å². The molecule has 2 N–H and O–H groups in total. The van der Waals surface area contributed by atoms with Gasteiger partial charge in [0.1, 0.15) is 17.1 Å². The van der Waals surface area contributed by atoms with Crippen LogP contribution in [0.5, 0.6) is 5.75 Å². The van der Waals surface area contributed by atoms with Crippen LogP contribution in [0, 0.1) is 5.82 Å². The van der Waals surface area contributed by atoms with Crippen LogP contribution in [-0.2, 0) is 25.5 Å². The Bertz CT molecular complexity index is 1230. The Labute approximate surface area is 207 Å². The summed E-state index contributed by atoms with van der Waals surface area (Å²) in [6, 6.07) is 20.1. The van der Waals surface area contributed by atoms with Gasteiger partial charge in [-0.15, -0.1) is 0 Å². The lowest BCUT2D eigenvalue weighted by molar-refractivity contribution is -0.128. The number of rotatable bonds is 11. The second kappa shape index (κ2) is 12.8. The second-order valence-corrected chi connectivity index (χ2v) is 7.81. The van der Waals surface area contributed by atoms with Crippen LogP contribution in [0.3, 0.4) is 0 Å². The van der Waals surface area contributed by atoms with Crippen molar-refractivity contribution in [3.8, 4) is 5.75 Å². The lowest BCUT2D eigenvalue weighted by atomic mass is 10.0. The number of ether oxygens (including phenoxy) is 2. The van der Waals surface area contributed by atoms with Crippen LogP contribution in [0.4, 0.5) is 10.1 Å². The van der Waals surface area contributed by atoms with Gasteiger partial charge in [0.05, 0.1) is 11.7 Å². The lowest BCUT2D eigenvalue weighted by Gasteiger charge is -2.16. The van der Waals surface area contributed by atoms with Gasteiger partial charge in [0.2, 0.25) is 0 Å². The summed E-state index contributed by atoms with van der Waals surface area (Å²) < 4.78 is 24.2. The SMILES string of the molecule is CC(=O)C(Cc1ccccc1)NC(=O)COC(=O)c1ccccc1OCC(=O)Nc1ccccc1F. The van der Waals surface area contributed by atoms with Crippen LogP contribution >= 0.6 is 0 Å². The first-order chi connectivity index (χ1) is 17.3. The molecule has 9 heteroatoms.